The van der Waals surface area contributed by atoms with Gasteiger partial charge in [-0.2, -0.15) is 5.10 Å². The molecule has 126 valence electrons. The third kappa shape index (κ3) is 2.78. The number of nitrogens with zero attached hydrogens (tertiary/aromatic N) is 3. The van der Waals surface area contributed by atoms with Crippen molar-refractivity contribution in [2.75, 3.05) is 13.7 Å². The van der Waals surface area contributed by atoms with Crippen LogP contribution in [-0.4, -0.2) is 33.0 Å². The maximum Gasteiger partial charge on any atom is 0.329 e. The molecule has 0 fully saturated rings. The van der Waals surface area contributed by atoms with Gasteiger partial charge < -0.3 is 9.72 Å². The quantitative estimate of drug-likeness (QED) is 0.763. The molecule has 0 amide bonds. The van der Waals surface area contributed by atoms with Gasteiger partial charge in [-0.15, -0.1) is 0 Å². The minimum absolute atomic E-state index is 0.198. The molecule has 3 rings (SSSR count). The first-order chi connectivity index (χ1) is 11.5. The fourth-order valence-electron chi connectivity index (χ4n) is 2.86. The Morgan fingerprint density at radius 3 is 2.71 bits per heavy atom. The lowest BCUT2D eigenvalue weighted by Crippen LogP contribution is -2.35. The van der Waals surface area contributed by atoms with Gasteiger partial charge in [-0.1, -0.05) is 12.1 Å². The molecule has 7 nitrogen and oxygen atoms in total. The van der Waals surface area contributed by atoms with Gasteiger partial charge in [0.25, 0.3) is 5.56 Å². The van der Waals surface area contributed by atoms with Crippen molar-refractivity contribution >= 4 is 10.9 Å². The maximum atomic E-state index is 12.7. The lowest BCUT2D eigenvalue weighted by Gasteiger charge is -2.08. The molecule has 0 bridgehead atoms. The molecule has 0 atom stereocenters. The zero-order valence-electron chi connectivity index (χ0n) is 14.0. The van der Waals surface area contributed by atoms with Crippen LogP contribution >= 0.6 is 0 Å². The Labute approximate surface area is 138 Å². The van der Waals surface area contributed by atoms with Crippen molar-refractivity contribution < 1.29 is 4.74 Å². The predicted molar refractivity (Wildman–Crippen MR) is 91.5 cm³/mol. The smallest absolute Gasteiger partial charge is 0.329 e. The van der Waals surface area contributed by atoms with E-state index in [9.17, 15) is 9.59 Å². The Kier molecular flexibility index (Phi) is 4.35. The van der Waals surface area contributed by atoms with Crippen molar-refractivity contribution in [1.29, 1.82) is 0 Å². The van der Waals surface area contributed by atoms with Gasteiger partial charge in [0.05, 0.1) is 36.3 Å². The molecule has 7 heteroatoms. The number of ether oxygens (including phenoxy) is 1. The van der Waals surface area contributed by atoms with E-state index in [0.29, 0.717) is 24.1 Å². The van der Waals surface area contributed by atoms with Crippen LogP contribution in [0.25, 0.3) is 10.9 Å². The SMILES string of the molecule is COCCn1nc(C)c(Cn2c(=O)[nH]c3ccccc3c2=O)c1C. The summed E-state index contributed by atoms with van der Waals surface area (Å²) in [6.45, 7) is 5.20. The van der Waals surface area contributed by atoms with Crippen molar-refractivity contribution in [1.82, 2.24) is 19.3 Å². The fourth-order valence-corrected chi connectivity index (χ4v) is 2.86. The number of para-hydroxylation sites is 1. The largest absolute Gasteiger partial charge is 0.383 e. The van der Waals surface area contributed by atoms with Crippen molar-refractivity contribution in [3.63, 3.8) is 0 Å². The van der Waals surface area contributed by atoms with Crippen molar-refractivity contribution in [3.8, 4) is 0 Å². The number of aromatic nitrogens is 4. The first-order valence-corrected chi connectivity index (χ1v) is 7.76. The number of rotatable bonds is 5. The molecule has 2 heterocycles. The van der Waals surface area contributed by atoms with Gasteiger partial charge in [0.15, 0.2) is 0 Å². The van der Waals surface area contributed by atoms with E-state index in [1.807, 2.05) is 18.5 Å². The third-order valence-electron chi connectivity index (χ3n) is 4.24. The molecule has 24 heavy (non-hydrogen) atoms. The Bertz CT molecular complexity index is 997. The number of hydrogen-bond acceptors (Lipinski definition) is 4. The molecule has 0 aliphatic heterocycles. The molecule has 1 aromatic carbocycles. The lowest BCUT2D eigenvalue weighted by atomic mass is 10.2. The molecule has 0 aliphatic rings. The van der Waals surface area contributed by atoms with Crippen LogP contribution in [0.4, 0.5) is 0 Å². The molecule has 0 saturated carbocycles. The Hall–Kier alpha value is -2.67. The Morgan fingerprint density at radius 1 is 1.21 bits per heavy atom. The summed E-state index contributed by atoms with van der Waals surface area (Å²) in [5.74, 6) is 0. The summed E-state index contributed by atoms with van der Waals surface area (Å²) in [7, 11) is 1.64. The van der Waals surface area contributed by atoms with E-state index in [1.54, 1.807) is 31.4 Å². The highest BCUT2D eigenvalue weighted by atomic mass is 16.5. The molecular formula is C17H20N4O3. The van der Waals surface area contributed by atoms with Crippen molar-refractivity contribution in [3.05, 3.63) is 62.1 Å². The molecular weight excluding hydrogens is 308 g/mol. The molecule has 0 radical (unpaired) electrons. The topological polar surface area (TPSA) is 81.9 Å². The Balaban J connectivity index is 2.06. The minimum atomic E-state index is -0.415. The summed E-state index contributed by atoms with van der Waals surface area (Å²) in [5, 5.41) is 4.97. The molecule has 0 saturated heterocycles. The molecule has 2 aromatic heterocycles. The van der Waals surface area contributed by atoms with Gasteiger partial charge in [0, 0.05) is 18.4 Å². The van der Waals surface area contributed by atoms with Crippen molar-refractivity contribution in [2.24, 2.45) is 0 Å². The van der Waals surface area contributed by atoms with Crippen molar-refractivity contribution in [2.45, 2.75) is 26.9 Å². The zero-order valence-corrected chi connectivity index (χ0v) is 14.0. The summed E-state index contributed by atoms with van der Waals surface area (Å²) in [5.41, 5.74) is 2.47. The van der Waals surface area contributed by atoms with E-state index in [2.05, 4.69) is 10.1 Å². The number of aryl methyl sites for hydroxylation is 1. The maximum absolute atomic E-state index is 12.7. The summed E-state index contributed by atoms with van der Waals surface area (Å²) < 4.78 is 8.15. The van der Waals surface area contributed by atoms with Crippen LogP contribution in [0.5, 0.6) is 0 Å². The van der Waals surface area contributed by atoms with E-state index in [4.69, 9.17) is 4.74 Å². The summed E-state index contributed by atoms with van der Waals surface area (Å²) in [6.07, 6.45) is 0. The van der Waals surface area contributed by atoms with E-state index >= 15 is 0 Å². The van der Waals surface area contributed by atoms with Crippen LogP contribution in [0.1, 0.15) is 17.0 Å². The fraction of sp³-hybridized carbons (Fsp3) is 0.353. The monoisotopic (exact) mass is 328 g/mol. The first-order valence-electron chi connectivity index (χ1n) is 7.76. The van der Waals surface area contributed by atoms with Gasteiger partial charge in [0.1, 0.15) is 0 Å². The van der Waals surface area contributed by atoms with Crippen LogP contribution in [0.2, 0.25) is 0 Å². The molecule has 3 aromatic rings. The Morgan fingerprint density at radius 2 is 1.96 bits per heavy atom. The number of aromatic amines is 1. The predicted octanol–water partition coefficient (Wildman–Crippen LogP) is 1.20. The van der Waals surface area contributed by atoms with Gasteiger partial charge >= 0.3 is 5.69 Å². The first kappa shape index (κ1) is 16.2. The molecule has 1 N–H and O–H groups in total. The number of methoxy groups -OCH3 is 1. The molecule has 0 aliphatic carbocycles. The van der Waals surface area contributed by atoms with Crippen LogP contribution in [0, 0.1) is 13.8 Å². The second-order valence-corrected chi connectivity index (χ2v) is 5.73. The lowest BCUT2D eigenvalue weighted by molar-refractivity contribution is 0.182. The number of hydrogen-bond donors (Lipinski definition) is 1. The van der Waals surface area contributed by atoms with Crippen LogP contribution in [0.3, 0.4) is 0 Å². The average molecular weight is 328 g/mol. The second-order valence-electron chi connectivity index (χ2n) is 5.73. The van der Waals surface area contributed by atoms with E-state index in [1.165, 1.54) is 4.57 Å². The van der Waals surface area contributed by atoms with Crippen LogP contribution < -0.4 is 11.2 Å². The summed E-state index contributed by atoms with van der Waals surface area (Å²) in [6, 6.07) is 7.01. The summed E-state index contributed by atoms with van der Waals surface area (Å²) in [4.78, 5) is 27.7. The molecule has 0 unspecified atom stereocenters. The average Bonchev–Trinajstić information content (AvgIpc) is 2.83. The number of nitrogens with one attached hydrogen (secondary N) is 1. The second kappa shape index (κ2) is 6.45. The van der Waals surface area contributed by atoms with E-state index in [0.717, 1.165) is 17.0 Å². The zero-order chi connectivity index (χ0) is 17.3. The summed E-state index contributed by atoms with van der Waals surface area (Å²) >= 11 is 0. The standard InChI is InChI=1S/C17H20N4O3/c1-11-14(12(2)21(19-11)8-9-24-3)10-20-16(22)13-6-4-5-7-15(13)18-17(20)23/h4-7H,8-10H2,1-3H3,(H,18,23). The van der Waals surface area contributed by atoms with Gasteiger partial charge in [-0.05, 0) is 26.0 Å². The van der Waals surface area contributed by atoms with E-state index < -0.39 is 5.69 Å². The van der Waals surface area contributed by atoms with Crippen LogP contribution in [-0.2, 0) is 17.8 Å². The van der Waals surface area contributed by atoms with Gasteiger partial charge in [-0.25, -0.2) is 4.79 Å². The highest BCUT2D eigenvalue weighted by molar-refractivity contribution is 5.76. The van der Waals surface area contributed by atoms with Gasteiger partial charge in [0.2, 0.25) is 0 Å². The van der Waals surface area contributed by atoms with Crippen LogP contribution in [0.15, 0.2) is 33.9 Å². The molecule has 0 spiro atoms. The number of fused-ring (bicyclic) bond motifs is 1. The minimum Gasteiger partial charge on any atom is -0.383 e. The number of benzene rings is 1. The third-order valence-corrected chi connectivity index (χ3v) is 4.24. The highest BCUT2D eigenvalue weighted by Gasteiger charge is 2.15. The van der Waals surface area contributed by atoms with E-state index in [-0.39, 0.29) is 12.1 Å². The highest BCUT2D eigenvalue weighted by Crippen LogP contribution is 2.14. The van der Waals surface area contributed by atoms with Gasteiger partial charge in [-0.3, -0.25) is 14.0 Å². The normalized spacial score (nSPS) is 11.3. The number of H-pyrrole nitrogens is 1.